The summed E-state index contributed by atoms with van der Waals surface area (Å²) in [5, 5.41) is 5.75. The summed E-state index contributed by atoms with van der Waals surface area (Å²) >= 11 is 7.70. The van der Waals surface area contributed by atoms with Crippen molar-refractivity contribution in [3.05, 3.63) is 46.6 Å². The Bertz CT molecular complexity index is 925. The summed E-state index contributed by atoms with van der Waals surface area (Å²) in [4.78, 5) is 20.4. The van der Waals surface area contributed by atoms with Crippen LogP contribution in [-0.2, 0) is 11.3 Å². The van der Waals surface area contributed by atoms with E-state index in [0.29, 0.717) is 6.54 Å². The Morgan fingerprint density at radius 1 is 1.30 bits per heavy atom. The van der Waals surface area contributed by atoms with Crippen LogP contribution < -0.4 is 5.32 Å². The van der Waals surface area contributed by atoms with Gasteiger partial charge in [0.25, 0.3) is 0 Å². The van der Waals surface area contributed by atoms with Gasteiger partial charge in [0.2, 0.25) is 5.91 Å². The van der Waals surface area contributed by atoms with E-state index in [4.69, 9.17) is 16.6 Å². The number of hydrogen-bond acceptors (Lipinski definition) is 4. The third-order valence-electron chi connectivity index (χ3n) is 5.16. The minimum absolute atomic E-state index is 0.142. The third-order valence-corrected chi connectivity index (χ3v) is 6.17. The highest BCUT2D eigenvalue weighted by molar-refractivity contribution is 7.15. The Morgan fingerprint density at radius 3 is 2.74 bits per heavy atom. The van der Waals surface area contributed by atoms with Gasteiger partial charge in [-0.05, 0) is 45.0 Å². The van der Waals surface area contributed by atoms with Gasteiger partial charge in [-0.15, -0.1) is 11.3 Å². The second-order valence-corrected chi connectivity index (χ2v) is 8.22. The molecule has 3 aromatic rings. The summed E-state index contributed by atoms with van der Waals surface area (Å²) in [6.45, 7) is 5.36. The van der Waals surface area contributed by atoms with Crippen LogP contribution in [0.15, 0.2) is 35.8 Å². The number of benzene rings is 1. The fraction of sp³-hybridized carbons (Fsp3) is 0.400. The highest BCUT2D eigenvalue weighted by Gasteiger charge is 2.26. The van der Waals surface area contributed by atoms with E-state index in [0.717, 1.165) is 53.7 Å². The molecule has 3 heterocycles. The van der Waals surface area contributed by atoms with Crippen molar-refractivity contribution in [1.82, 2.24) is 19.6 Å². The van der Waals surface area contributed by atoms with Crippen molar-refractivity contribution < 1.29 is 4.79 Å². The summed E-state index contributed by atoms with van der Waals surface area (Å²) in [7, 11) is 0. The maximum absolute atomic E-state index is 12.1. The van der Waals surface area contributed by atoms with Crippen molar-refractivity contribution in [2.45, 2.75) is 26.3 Å². The summed E-state index contributed by atoms with van der Waals surface area (Å²) in [5.41, 5.74) is 3.30. The molecule has 0 spiro atoms. The molecule has 27 heavy (non-hydrogen) atoms. The molecule has 1 aromatic carbocycles. The first kappa shape index (κ1) is 18.5. The predicted octanol–water partition coefficient (Wildman–Crippen LogP) is 4.06. The van der Waals surface area contributed by atoms with Gasteiger partial charge >= 0.3 is 0 Å². The molecule has 0 bridgehead atoms. The van der Waals surface area contributed by atoms with E-state index in [1.165, 1.54) is 5.69 Å². The van der Waals surface area contributed by atoms with Crippen LogP contribution >= 0.6 is 22.9 Å². The summed E-state index contributed by atoms with van der Waals surface area (Å²) in [6, 6.07) is 7.87. The molecule has 0 radical (unpaired) electrons. The molecule has 1 fully saturated rings. The van der Waals surface area contributed by atoms with Crippen molar-refractivity contribution in [1.29, 1.82) is 0 Å². The van der Waals surface area contributed by atoms with Gasteiger partial charge in [0.1, 0.15) is 0 Å². The average Bonchev–Trinajstić information content (AvgIpc) is 3.26. The van der Waals surface area contributed by atoms with Crippen LogP contribution in [0.3, 0.4) is 0 Å². The number of carbonyl (C=O) groups excluding carboxylic acids is 1. The lowest BCUT2D eigenvalue weighted by Gasteiger charge is -2.31. The van der Waals surface area contributed by atoms with Gasteiger partial charge in [-0.1, -0.05) is 23.7 Å². The van der Waals surface area contributed by atoms with E-state index >= 15 is 0 Å². The van der Waals surface area contributed by atoms with Crippen LogP contribution in [0.4, 0.5) is 0 Å². The van der Waals surface area contributed by atoms with Crippen molar-refractivity contribution in [3.63, 3.8) is 0 Å². The number of likely N-dealkylation sites (tertiary alicyclic amines) is 1. The molecule has 1 saturated heterocycles. The molecule has 4 rings (SSSR count). The SMILES string of the molecule is CCNC(=O)C1CCN(Cc2c(-c3ccc(Cl)cc3)nc3sccn23)CC1. The zero-order chi connectivity index (χ0) is 18.8. The Morgan fingerprint density at radius 2 is 2.04 bits per heavy atom. The van der Waals surface area contributed by atoms with Crippen LogP contribution in [0.1, 0.15) is 25.5 Å². The molecule has 1 aliphatic heterocycles. The van der Waals surface area contributed by atoms with Gasteiger partial charge in [0, 0.05) is 41.2 Å². The first-order valence-corrected chi connectivity index (χ1v) is 10.6. The van der Waals surface area contributed by atoms with E-state index in [-0.39, 0.29) is 11.8 Å². The lowest BCUT2D eigenvalue weighted by Crippen LogP contribution is -2.40. The minimum atomic E-state index is 0.142. The standard InChI is InChI=1S/C20H23ClN4OS/c1-2-22-19(26)15-7-9-24(10-8-15)13-17-18(14-3-5-16(21)6-4-14)23-20-25(17)11-12-27-20/h3-6,11-12,15H,2,7-10,13H2,1H3,(H,22,26). The molecule has 1 aliphatic rings. The zero-order valence-electron chi connectivity index (χ0n) is 15.3. The van der Waals surface area contributed by atoms with Crippen LogP contribution in [0.2, 0.25) is 5.02 Å². The monoisotopic (exact) mass is 402 g/mol. The van der Waals surface area contributed by atoms with E-state index in [1.54, 1.807) is 11.3 Å². The van der Waals surface area contributed by atoms with E-state index in [9.17, 15) is 4.79 Å². The summed E-state index contributed by atoms with van der Waals surface area (Å²) < 4.78 is 2.19. The van der Waals surface area contributed by atoms with Crippen LogP contribution in [0.5, 0.6) is 0 Å². The van der Waals surface area contributed by atoms with Gasteiger partial charge < -0.3 is 5.32 Å². The van der Waals surface area contributed by atoms with Gasteiger partial charge in [-0.3, -0.25) is 14.1 Å². The quantitative estimate of drug-likeness (QED) is 0.700. The molecule has 142 valence electrons. The normalized spacial score (nSPS) is 16.1. The van der Waals surface area contributed by atoms with Gasteiger partial charge in [-0.2, -0.15) is 0 Å². The van der Waals surface area contributed by atoms with Crippen molar-refractivity contribution in [2.24, 2.45) is 5.92 Å². The number of imidazole rings is 1. The second kappa shape index (κ2) is 8.00. The molecule has 1 amide bonds. The van der Waals surface area contributed by atoms with E-state index in [2.05, 4.69) is 26.2 Å². The number of nitrogens with one attached hydrogen (secondary N) is 1. The Hall–Kier alpha value is -1.89. The molecule has 0 saturated carbocycles. The highest BCUT2D eigenvalue weighted by Crippen LogP contribution is 2.29. The lowest BCUT2D eigenvalue weighted by atomic mass is 9.95. The fourth-order valence-electron chi connectivity index (χ4n) is 3.71. The molecular weight excluding hydrogens is 380 g/mol. The molecule has 0 atom stereocenters. The first-order valence-electron chi connectivity index (χ1n) is 9.36. The number of thiazole rings is 1. The van der Waals surface area contributed by atoms with Crippen molar-refractivity contribution in [2.75, 3.05) is 19.6 Å². The van der Waals surface area contributed by atoms with Gasteiger partial charge in [0.15, 0.2) is 4.96 Å². The molecule has 5 nitrogen and oxygen atoms in total. The number of hydrogen-bond donors (Lipinski definition) is 1. The maximum Gasteiger partial charge on any atom is 0.223 e. The van der Waals surface area contributed by atoms with Crippen LogP contribution in [0.25, 0.3) is 16.2 Å². The number of aromatic nitrogens is 2. The number of piperidine rings is 1. The molecule has 2 aromatic heterocycles. The number of halogens is 1. The van der Waals surface area contributed by atoms with Crippen molar-refractivity contribution >= 4 is 33.8 Å². The first-order chi connectivity index (χ1) is 13.2. The molecule has 0 aliphatic carbocycles. The Kier molecular flexibility index (Phi) is 5.48. The second-order valence-electron chi connectivity index (χ2n) is 6.91. The number of amides is 1. The topological polar surface area (TPSA) is 49.6 Å². The zero-order valence-corrected chi connectivity index (χ0v) is 16.9. The minimum Gasteiger partial charge on any atom is -0.356 e. The summed E-state index contributed by atoms with van der Waals surface area (Å²) in [5.74, 6) is 0.340. The number of fused-ring (bicyclic) bond motifs is 1. The van der Waals surface area contributed by atoms with Crippen LogP contribution in [-0.4, -0.2) is 39.8 Å². The molecule has 0 unspecified atom stereocenters. The largest absolute Gasteiger partial charge is 0.356 e. The molecule has 7 heteroatoms. The van der Waals surface area contributed by atoms with E-state index in [1.807, 2.05) is 31.2 Å². The molecule has 1 N–H and O–H groups in total. The maximum atomic E-state index is 12.1. The predicted molar refractivity (Wildman–Crippen MR) is 110 cm³/mol. The Balaban J connectivity index is 1.54. The van der Waals surface area contributed by atoms with Crippen LogP contribution in [0, 0.1) is 5.92 Å². The third kappa shape index (κ3) is 3.88. The smallest absolute Gasteiger partial charge is 0.223 e. The number of carbonyl (C=O) groups is 1. The summed E-state index contributed by atoms with van der Waals surface area (Å²) in [6.07, 6.45) is 3.91. The van der Waals surface area contributed by atoms with Gasteiger partial charge in [0.05, 0.1) is 11.4 Å². The van der Waals surface area contributed by atoms with Gasteiger partial charge in [-0.25, -0.2) is 4.98 Å². The highest BCUT2D eigenvalue weighted by atomic mass is 35.5. The average molecular weight is 403 g/mol. The lowest BCUT2D eigenvalue weighted by molar-refractivity contribution is -0.126. The molecular formula is C20H23ClN4OS. The fourth-order valence-corrected chi connectivity index (χ4v) is 4.57. The van der Waals surface area contributed by atoms with E-state index < -0.39 is 0 Å². The Labute approximate surface area is 168 Å². The number of rotatable bonds is 5. The van der Waals surface area contributed by atoms with Crippen molar-refractivity contribution in [3.8, 4) is 11.3 Å². The number of nitrogens with zero attached hydrogens (tertiary/aromatic N) is 3.